The van der Waals surface area contributed by atoms with Crippen molar-refractivity contribution in [3.05, 3.63) is 69.7 Å². The van der Waals surface area contributed by atoms with Gasteiger partial charge in [0.25, 0.3) is 0 Å². The van der Waals surface area contributed by atoms with E-state index >= 15 is 0 Å². The maximum Gasteiger partial charge on any atom is 0.191 e. The van der Waals surface area contributed by atoms with Crippen molar-refractivity contribution in [1.82, 2.24) is 19.7 Å². The summed E-state index contributed by atoms with van der Waals surface area (Å²) in [6.45, 7) is 2.84. The maximum atomic E-state index is 6.34. The molecule has 0 saturated carbocycles. The van der Waals surface area contributed by atoms with Crippen LogP contribution < -0.4 is 0 Å². The number of hydrogen-bond donors (Lipinski definition) is 0. The molecule has 8 heteroatoms. The molecule has 0 bridgehead atoms. The Labute approximate surface area is 181 Å². The van der Waals surface area contributed by atoms with Gasteiger partial charge in [-0.05, 0) is 25.1 Å². The van der Waals surface area contributed by atoms with E-state index in [1.165, 1.54) is 0 Å². The van der Waals surface area contributed by atoms with Crippen LogP contribution in [-0.4, -0.2) is 19.7 Å². The number of thiazole rings is 1. The molecule has 0 aliphatic heterocycles. The molecule has 0 spiro atoms. The lowest BCUT2D eigenvalue weighted by Crippen LogP contribution is -2.00. The van der Waals surface area contributed by atoms with Crippen molar-refractivity contribution in [2.24, 2.45) is 0 Å². The van der Waals surface area contributed by atoms with Crippen molar-refractivity contribution in [3.63, 3.8) is 0 Å². The van der Waals surface area contributed by atoms with Gasteiger partial charge in [-0.15, -0.1) is 21.5 Å². The second kappa shape index (κ2) is 8.66. The first-order valence-corrected chi connectivity index (χ1v) is 11.3. The number of benzene rings is 2. The van der Waals surface area contributed by atoms with Crippen LogP contribution in [0.15, 0.2) is 59.1 Å². The van der Waals surface area contributed by atoms with Gasteiger partial charge in [0.1, 0.15) is 5.01 Å². The lowest BCUT2D eigenvalue weighted by molar-refractivity contribution is 0.687. The molecule has 2 aromatic heterocycles. The molecule has 0 atom stereocenters. The Morgan fingerprint density at radius 1 is 0.964 bits per heavy atom. The second-order valence-corrected chi connectivity index (χ2v) is 8.56. The summed E-state index contributed by atoms with van der Waals surface area (Å²) in [6, 6.07) is 15.4. The first-order chi connectivity index (χ1) is 13.7. The number of thioether (sulfide) groups is 1. The highest BCUT2D eigenvalue weighted by molar-refractivity contribution is 7.98. The van der Waals surface area contributed by atoms with Gasteiger partial charge in [-0.25, -0.2) is 4.98 Å². The van der Waals surface area contributed by atoms with Crippen LogP contribution in [0.4, 0.5) is 0 Å². The van der Waals surface area contributed by atoms with E-state index in [1.807, 2.05) is 48.5 Å². The van der Waals surface area contributed by atoms with E-state index < -0.39 is 0 Å². The first kappa shape index (κ1) is 19.5. The highest BCUT2D eigenvalue weighted by Crippen LogP contribution is 2.33. The molecule has 4 aromatic rings. The lowest BCUT2D eigenvalue weighted by atomic mass is 10.2. The van der Waals surface area contributed by atoms with Crippen molar-refractivity contribution in [2.45, 2.75) is 24.4 Å². The minimum atomic E-state index is 0.671. The summed E-state index contributed by atoms with van der Waals surface area (Å²) < 4.78 is 2.08. The second-order valence-electron chi connectivity index (χ2n) is 5.94. The van der Waals surface area contributed by atoms with Crippen LogP contribution in [0.2, 0.25) is 10.0 Å². The molecule has 0 aliphatic rings. The van der Waals surface area contributed by atoms with Gasteiger partial charge in [-0.2, -0.15) is 0 Å². The Kier molecular flexibility index (Phi) is 6.01. The van der Waals surface area contributed by atoms with E-state index in [1.54, 1.807) is 23.1 Å². The average molecular weight is 447 g/mol. The summed E-state index contributed by atoms with van der Waals surface area (Å²) in [5.74, 6) is 1.49. The monoisotopic (exact) mass is 446 g/mol. The third-order valence-corrected chi connectivity index (χ3v) is 6.74. The van der Waals surface area contributed by atoms with Gasteiger partial charge < -0.3 is 4.57 Å². The topological polar surface area (TPSA) is 43.6 Å². The molecule has 0 fully saturated rings. The van der Waals surface area contributed by atoms with E-state index in [4.69, 9.17) is 28.2 Å². The fourth-order valence-electron chi connectivity index (χ4n) is 2.79. The molecule has 142 valence electrons. The zero-order valence-electron chi connectivity index (χ0n) is 15.0. The number of hydrogen-bond acceptors (Lipinski definition) is 5. The van der Waals surface area contributed by atoms with E-state index in [9.17, 15) is 0 Å². The molecule has 4 rings (SSSR count). The van der Waals surface area contributed by atoms with E-state index in [0.29, 0.717) is 15.8 Å². The third kappa shape index (κ3) is 3.96. The molecule has 0 unspecified atom stereocenters. The molecule has 0 radical (unpaired) electrons. The Hall–Kier alpha value is -1.86. The quantitative estimate of drug-likeness (QED) is 0.309. The molecule has 0 saturated heterocycles. The van der Waals surface area contributed by atoms with Crippen LogP contribution >= 0.6 is 46.3 Å². The van der Waals surface area contributed by atoms with Crippen molar-refractivity contribution in [2.75, 3.05) is 0 Å². The molecule has 28 heavy (non-hydrogen) atoms. The zero-order valence-corrected chi connectivity index (χ0v) is 18.1. The molecule has 0 N–H and O–H groups in total. The van der Waals surface area contributed by atoms with Gasteiger partial charge in [0.15, 0.2) is 11.0 Å². The van der Waals surface area contributed by atoms with Crippen LogP contribution in [0.5, 0.6) is 0 Å². The van der Waals surface area contributed by atoms with E-state index in [-0.39, 0.29) is 0 Å². The summed E-state index contributed by atoms with van der Waals surface area (Å²) in [5, 5.41) is 14.0. The molecular formula is C20H16Cl2N4S2. The smallest absolute Gasteiger partial charge is 0.191 e. The molecule has 4 nitrogen and oxygen atoms in total. The van der Waals surface area contributed by atoms with Crippen LogP contribution in [-0.2, 0) is 12.3 Å². The van der Waals surface area contributed by atoms with E-state index in [0.717, 1.165) is 39.4 Å². The van der Waals surface area contributed by atoms with Gasteiger partial charge in [0, 0.05) is 28.8 Å². The predicted molar refractivity (Wildman–Crippen MR) is 118 cm³/mol. The predicted octanol–water partition coefficient (Wildman–Crippen LogP) is 6.69. The maximum absolute atomic E-state index is 6.34. The zero-order chi connectivity index (χ0) is 19.5. The third-order valence-electron chi connectivity index (χ3n) is 4.15. The van der Waals surface area contributed by atoms with Crippen LogP contribution in [0.25, 0.3) is 22.0 Å². The molecule has 0 aliphatic carbocycles. The van der Waals surface area contributed by atoms with Gasteiger partial charge in [-0.3, -0.25) is 0 Å². The Morgan fingerprint density at radius 3 is 2.32 bits per heavy atom. The van der Waals surface area contributed by atoms with Crippen molar-refractivity contribution in [3.8, 4) is 22.0 Å². The molecule has 2 heterocycles. The van der Waals surface area contributed by atoms with E-state index in [2.05, 4.69) is 27.1 Å². The minimum absolute atomic E-state index is 0.671. The van der Waals surface area contributed by atoms with Crippen molar-refractivity contribution >= 4 is 46.3 Å². The minimum Gasteiger partial charge on any atom is -0.302 e. The standard InChI is InChI=1S/C20H16Cl2N4S2/c1-2-26-18(14-7-3-5-9-16(14)21)24-25-20(26)28-12-13-11-27-19(23-13)15-8-4-6-10-17(15)22/h3-11H,2,12H2,1H3. The molecular weight excluding hydrogens is 431 g/mol. The highest BCUT2D eigenvalue weighted by atomic mass is 35.5. The average Bonchev–Trinajstić information content (AvgIpc) is 3.33. The number of rotatable bonds is 6. The molecule has 0 amide bonds. The summed E-state index contributed by atoms with van der Waals surface area (Å²) in [4.78, 5) is 4.73. The Morgan fingerprint density at radius 2 is 1.64 bits per heavy atom. The van der Waals surface area contributed by atoms with Gasteiger partial charge in [0.2, 0.25) is 0 Å². The summed E-state index contributed by atoms with van der Waals surface area (Å²) in [5.41, 5.74) is 2.85. The van der Waals surface area contributed by atoms with Crippen LogP contribution in [0.1, 0.15) is 12.6 Å². The number of halogens is 2. The van der Waals surface area contributed by atoms with Crippen molar-refractivity contribution in [1.29, 1.82) is 0 Å². The number of nitrogens with zero attached hydrogens (tertiary/aromatic N) is 4. The lowest BCUT2D eigenvalue weighted by Gasteiger charge is -2.08. The number of aromatic nitrogens is 4. The SMILES string of the molecule is CCn1c(SCc2csc(-c3ccccc3Cl)n2)nnc1-c1ccccc1Cl. The first-order valence-electron chi connectivity index (χ1n) is 8.67. The summed E-state index contributed by atoms with van der Waals surface area (Å²) in [6.07, 6.45) is 0. The Bertz CT molecular complexity index is 1110. The van der Waals surface area contributed by atoms with Crippen LogP contribution in [0.3, 0.4) is 0 Å². The Balaban J connectivity index is 1.54. The summed E-state index contributed by atoms with van der Waals surface area (Å²) in [7, 11) is 0. The van der Waals surface area contributed by atoms with Crippen LogP contribution in [0, 0.1) is 0 Å². The normalized spacial score (nSPS) is 11.1. The fraction of sp³-hybridized carbons (Fsp3) is 0.150. The summed E-state index contributed by atoms with van der Waals surface area (Å²) >= 11 is 15.8. The van der Waals surface area contributed by atoms with Gasteiger partial charge in [0.05, 0.1) is 15.7 Å². The van der Waals surface area contributed by atoms with Gasteiger partial charge >= 0.3 is 0 Å². The van der Waals surface area contributed by atoms with Gasteiger partial charge in [-0.1, -0.05) is 65.3 Å². The van der Waals surface area contributed by atoms with Crippen molar-refractivity contribution < 1.29 is 0 Å². The molecule has 2 aromatic carbocycles. The largest absolute Gasteiger partial charge is 0.302 e. The fourth-order valence-corrected chi connectivity index (χ4v) is 5.15. The highest BCUT2D eigenvalue weighted by Gasteiger charge is 2.16.